The van der Waals surface area contributed by atoms with Crippen LogP contribution in [0.25, 0.3) is 0 Å². The van der Waals surface area contributed by atoms with Crippen LogP contribution in [-0.4, -0.2) is 29.7 Å². The SMILES string of the molecule is CCCCCCCCCCCCCCCCOc1cc(O)c2c(c1)O[C@H](c1ccc(OC)c(O)c1)CC2=O. The van der Waals surface area contributed by atoms with Crippen molar-refractivity contribution >= 4 is 5.78 Å². The van der Waals surface area contributed by atoms with Gasteiger partial charge >= 0.3 is 0 Å². The number of Topliss-reactive ketones (excluding diaryl/α,β-unsaturated/α-hetero) is 1. The molecule has 6 heteroatoms. The lowest BCUT2D eigenvalue weighted by Crippen LogP contribution is -2.20. The molecule has 210 valence electrons. The van der Waals surface area contributed by atoms with E-state index < -0.39 is 6.10 Å². The van der Waals surface area contributed by atoms with Crippen LogP contribution in [0.15, 0.2) is 30.3 Å². The Morgan fingerprint density at radius 1 is 0.816 bits per heavy atom. The molecule has 2 aromatic carbocycles. The van der Waals surface area contributed by atoms with Crippen molar-refractivity contribution in [2.24, 2.45) is 0 Å². The van der Waals surface area contributed by atoms with Gasteiger partial charge in [0.25, 0.3) is 0 Å². The molecule has 3 rings (SSSR count). The number of hydrogen-bond acceptors (Lipinski definition) is 6. The van der Waals surface area contributed by atoms with Gasteiger partial charge in [-0.15, -0.1) is 0 Å². The predicted octanol–water partition coefficient (Wildman–Crippen LogP) is 8.67. The van der Waals surface area contributed by atoms with Crippen molar-refractivity contribution in [2.45, 2.75) is 109 Å². The van der Waals surface area contributed by atoms with Gasteiger partial charge in [0, 0.05) is 12.1 Å². The van der Waals surface area contributed by atoms with Crippen molar-refractivity contribution < 1.29 is 29.2 Å². The molecule has 0 saturated heterocycles. The van der Waals surface area contributed by atoms with E-state index in [-0.39, 0.29) is 29.3 Å². The number of ketones is 1. The smallest absolute Gasteiger partial charge is 0.174 e. The number of fused-ring (bicyclic) bond motifs is 1. The van der Waals surface area contributed by atoms with Crippen molar-refractivity contribution in [1.29, 1.82) is 0 Å². The van der Waals surface area contributed by atoms with Crippen molar-refractivity contribution in [3.63, 3.8) is 0 Å². The van der Waals surface area contributed by atoms with Crippen LogP contribution in [0, 0.1) is 0 Å². The molecule has 1 atom stereocenters. The summed E-state index contributed by atoms with van der Waals surface area (Å²) >= 11 is 0. The fraction of sp³-hybridized carbons (Fsp3) is 0.594. The number of benzene rings is 2. The molecule has 0 amide bonds. The van der Waals surface area contributed by atoms with Gasteiger partial charge in [-0.2, -0.15) is 0 Å². The molecule has 38 heavy (non-hydrogen) atoms. The van der Waals surface area contributed by atoms with Gasteiger partial charge in [0.05, 0.1) is 20.1 Å². The molecule has 6 nitrogen and oxygen atoms in total. The molecule has 0 bridgehead atoms. The van der Waals surface area contributed by atoms with E-state index in [1.54, 1.807) is 18.2 Å². The minimum absolute atomic E-state index is 0.0139. The molecule has 0 spiro atoms. The molecule has 1 aliphatic rings. The zero-order valence-electron chi connectivity index (χ0n) is 23.3. The molecule has 0 unspecified atom stereocenters. The van der Waals surface area contributed by atoms with Gasteiger partial charge in [0.2, 0.25) is 0 Å². The third kappa shape index (κ3) is 9.14. The maximum atomic E-state index is 12.7. The second-order valence-corrected chi connectivity index (χ2v) is 10.4. The van der Waals surface area contributed by atoms with Crippen molar-refractivity contribution in [2.75, 3.05) is 13.7 Å². The number of ether oxygens (including phenoxy) is 3. The zero-order chi connectivity index (χ0) is 27.2. The molecule has 1 heterocycles. The highest BCUT2D eigenvalue weighted by Gasteiger charge is 2.31. The Bertz CT molecular complexity index is 1000. The molecule has 0 saturated carbocycles. The van der Waals surface area contributed by atoms with Gasteiger partial charge in [0.15, 0.2) is 17.3 Å². The molecule has 0 radical (unpaired) electrons. The minimum atomic E-state index is -0.563. The van der Waals surface area contributed by atoms with Crippen LogP contribution in [-0.2, 0) is 0 Å². The summed E-state index contributed by atoms with van der Waals surface area (Å²) in [6.07, 6.45) is 17.8. The van der Waals surface area contributed by atoms with Crippen LogP contribution in [0.4, 0.5) is 0 Å². The number of aromatic hydroxyl groups is 2. The zero-order valence-corrected chi connectivity index (χ0v) is 23.3. The maximum absolute atomic E-state index is 12.7. The minimum Gasteiger partial charge on any atom is -0.507 e. The highest BCUT2D eigenvalue weighted by atomic mass is 16.5. The molecule has 2 aromatic rings. The summed E-state index contributed by atoms with van der Waals surface area (Å²) in [4.78, 5) is 12.7. The first kappa shape index (κ1) is 29.7. The van der Waals surface area contributed by atoms with Crippen LogP contribution >= 0.6 is 0 Å². The van der Waals surface area contributed by atoms with Crippen LogP contribution in [0.1, 0.15) is 125 Å². The summed E-state index contributed by atoms with van der Waals surface area (Å²) in [5.41, 5.74) is 0.846. The molecule has 0 fully saturated rings. The summed E-state index contributed by atoms with van der Waals surface area (Å²) in [5, 5.41) is 20.6. The lowest BCUT2D eigenvalue weighted by Gasteiger charge is -2.26. The first-order valence-corrected chi connectivity index (χ1v) is 14.6. The average Bonchev–Trinajstić information content (AvgIpc) is 2.90. The number of phenols is 2. The number of rotatable bonds is 18. The Kier molecular flexibility index (Phi) is 12.6. The lowest BCUT2D eigenvalue weighted by molar-refractivity contribution is 0.0844. The van der Waals surface area contributed by atoms with E-state index in [0.717, 1.165) is 12.8 Å². The van der Waals surface area contributed by atoms with Gasteiger partial charge in [-0.25, -0.2) is 0 Å². The first-order chi connectivity index (χ1) is 18.5. The van der Waals surface area contributed by atoms with Gasteiger partial charge in [-0.1, -0.05) is 96.5 Å². The fourth-order valence-corrected chi connectivity index (χ4v) is 5.08. The predicted molar refractivity (Wildman–Crippen MR) is 151 cm³/mol. The standard InChI is InChI=1S/C32H46O6/c1-3-4-5-6-7-8-9-10-11-12-13-14-15-16-19-37-25-21-27(34)32-28(35)23-30(38-31(32)22-25)24-17-18-29(36-2)26(33)20-24/h17-18,20-22,30,33-34H,3-16,19,23H2,1-2H3/t30-/m0/s1. The number of methoxy groups -OCH3 is 1. The third-order valence-corrected chi connectivity index (χ3v) is 7.32. The lowest BCUT2D eigenvalue weighted by atomic mass is 9.95. The van der Waals surface area contributed by atoms with Crippen molar-refractivity contribution in [1.82, 2.24) is 0 Å². The summed E-state index contributed by atoms with van der Waals surface area (Å²) in [7, 11) is 1.48. The second-order valence-electron chi connectivity index (χ2n) is 10.4. The van der Waals surface area contributed by atoms with Crippen molar-refractivity contribution in [3.8, 4) is 28.7 Å². The van der Waals surface area contributed by atoms with Gasteiger partial charge in [-0.05, 0) is 24.1 Å². The maximum Gasteiger partial charge on any atom is 0.174 e. The number of unbranched alkanes of at least 4 members (excludes halogenated alkanes) is 13. The van der Waals surface area contributed by atoms with E-state index in [1.165, 1.54) is 96.3 Å². The molecule has 0 aromatic heterocycles. The van der Waals surface area contributed by atoms with Crippen LogP contribution in [0.5, 0.6) is 28.7 Å². The van der Waals surface area contributed by atoms with Gasteiger partial charge in [-0.3, -0.25) is 4.79 Å². The quantitative estimate of drug-likeness (QED) is 0.189. The summed E-state index contributed by atoms with van der Waals surface area (Å²) in [6.45, 7) is 2.82. The van der Waals surface area contributed by atoms with Crippen LogP contribution in [0.2, 0.25) is 0 Å². The van der Waals surface area contributed by atoms with E-state index in [2.05, 4.69) is 6.92 Å². The highest BCUT2D eigenvalue weighted by Crippen LogP contribution is 2.43. The molecule has 1 aliphatic heterocycles. The Morgan fingerprint density at radius 2 is 1.42 bits per heavy atom. The Hall–Kier alpha value is -2.89. The Morgan fingerprint density at radius 3 is 2.00 bits per heavy atom. The number of phenolic OH excluding ortho intramolecular Hbond substituents is 2. The summed E-state index contributed by atoms with van der Waals surface area (Å²) in [6, 6.07) is 8.10. The Balaban J connectivity index is 1.35. The largest absolute Gasteiger partial charge is 0.507 e. The summed E-state index contributed by atoms with van der Waals surface area (Å²) < 4.78 is 17.0. The monoisotopic (exact) mass is 526 g/mol. The van der Waals surface area contributed by atoms with E-state index in [9.17, 15) is 15.0 Å². The van der Waals surface area contributed by atoms with Crippen molar-refractivity contribution in [3.05, 3.63) is 41.5 Å². The molecular weight excluding hydrogens is 480 g/mol. The third-order valence-electron chi connectivity index (χ3n) is 7.32. The first-order valence-electron chi connectivity index (χ1n) is 14.6. The number of carbonyl (C=O) groups excluding carboxylic acids is 1. The molecule has 0 aliphatic carbocycles. The van der Waals surface area contributed by atoms with Gasteiger partial charge in [0.1, 0.15) is 28.9 Å². The van der Waals surface area contributed by atoms with E-state index in [0.29, 0.717) is 29.4 Å². The fourth-order valence-electron chi connectivity index (χ4n) is 5.08. The average molecular weight is 527 g/mol. The van der Waals surface area contributed by atoms with E-state index >= 15 is 0 Å². The summed E-state index contributed by atoms with van der Waals surface area (Å²) in [5.74, 6) is 0.801. The van der Waals surface area contributed by atoms with E-state index in [4.69, 9.17) is 14.2 Å². The number of carbonyl (C=O) groups is 1. The van der Waals surface area contributed by atoms with Crippen LogP contribution in [0.3, 0.4) is 0 Å². The normalized spacial score (nSPS) is 14.7. The number of hydrogen-bond donors (Lipinski definition) is 2. The van der Waals surface area contributed by atoms with Crippen LogP contribution < -0.4 is 14.2 Å². The van der Waals surface area contributed by atoms with E-state index in [1.807, 2.05) is 0 Å². The molecule has 2 N–H and O–H groups in total. The topological polar surface area (TPSA) is 85.2 Å². The molecular formula is C32H46O6. The second kappa shape index (κ2) is 16.2. The highest BCUT2D eigenvalue weighted by molar-refractivity contribution is 6.02. The van der Waals surface area contributed by atoms with Gasteiger partial charge < -0.3 is 24.4 Å². The Labute approximate surface area is 228 Å².